The van der Waals surface area contributed by atoms with Crippen LogP contribution in [0.1, 0.15) is 46.5 Å². The van der Waals surface area contributed by atoms with Crippen LogP contribution >= 0.6 is 0 Å². The summed E-state index contributed by atoms with van der Waals surface area (Å²) in [5.41, 5.74) is -0.108. The van der Waals surface area contributed by atoms with E-state index in [1.54, 1.807) is 0 Å². The van der Waals surface area contributed by atoms with Crippen LogP contribution in [0.3, 0.4) is 0 Å². The predicted molar refractivity (Wildman–Crippen MR) is 135 cm³/mol. The van der Waals surface area contributed by atoms with E-state index in [0.717, 1.165) is 25.7 Å². The summed E-state index contributed by atoms with van der Waals surface area (Å²) >= 11 is 0. The molecule has 2 heterocycles. The van der Waals surface area contributed by atoms with Crippen molar-refractivity contribution in [3.05, 3.63) is 0 Å². The quantitative estimate of drug-likeness (QED) is 0.159. The standard InChI is InChI=1S/C27H48O12/c1-12(2)14-6-7-27(3)13(10-36-25-23(34)21(32)19(30)17(8-28)38-25)4-5-16(27)15(14)11-37-26-24(35)22(33)20(31)18(9-29)39-26/h12-26,28-35H,4-11H2,1-3H3/t13-,14-,15-,16-,17-,18+,19-,20+,21+,22-,23-,24+,25-,26+,27-/m1/s1. The lowest BCUT2D eigenvalue weighted by Gasteiger charge is -2.50. The molecule has 0 aromatic heterocycles. The minimum atomic E-state index is -1.49. The summed E-state index contributed by atoms with van der Waals surface area (Å²) in [6.07, 6.45) is -9.40. The van der Waals surface area contributed by atoms with E-state index in [9.17, 15) is 40.9 Å². The van der Waals surface area contributed by atoms with E-state index in [-0.39, 0.29) is 36.4 Å². The topological polar surface area (TPSA) is 199 Å². The summed E-state index contributed by atoms with van der Waals surface area (Å²) in [5, 5.41) is 80.2. The molecule has 4 fully saturated rings. The molecule has 0 radical (unpaired) electrons. The average Bonchev–Trinajstić information content (AvgIpc) is 3.25. The van der Waals surface area contributed by atoms with Crippen LogP contribution in [0.5, 0.6) is 0 Å². The van der Waals surface area contributed by atoms with Gasteiger partial charge in [0.15, 0.2) is 12.6 Å². The van der Waals surface area contributed by atoms with E-state index in [1.807, 2.05) is 0 Å². The Kier molecular flexibility index (Phi) is 10.3. The van der Waals surface area contributed by atoms with Crippen molar-refractivity contribution in [2.45, 2.75) is 108 Å². The second-order valence-electron chi connectivity index (χ2n) is 12.6. The molecule has 2 saturated carbocycles. The lowest BCUT2D eigenvalue weighted by Crippen LogP contribution is -2.59. The molecule has 12 heteroatoms. The Morgan fingerprint density at radius 2 is 1.23 bits per heavy atom. The van der Waals surface area contributed by atoms with E-state index < -0.39 is 74.6 Å². The molecular weight excluding hydrogens is 516 g/mol. The van der Waals surface area contributed by atoms with Gasteiger partial charge < -0.3 is 59.8 Å². The Balaban J connectivity index is 1.42. The van der Waals surface area contributed by atoms with E-state index in [0.29, 0.717) is 11.8 Å². The van der Waals surface area contributed by atoms with Crippen LogP contribution in [-0.2, 0) is 18.9 Å². The zero-order valence-corrected chi connectivity index (χ0v) is 23.0. The normalized spacial score (nSPS) is 50.8. The smallest absolute Gasteiger partial charge is 0.186 e. The van der Waals surface area contributed by atoms with E-state index in [4.69, 9.17) is 18.9 Å². The Morgan fingerprint density at radius 1 is 0.718 bits per heavy atom. The molecule has 2 aliphatic carbocycles. The Labute approximate surface area is 229 Å². The molecule has 228 valence electrons. The third kappa shape index (κ3) is 6.04. The van der Waals surface area contributed by atoms with Crippen LogP contribution in [-0.4, -0.2) is 129 Å². The van der Waals surface area contributed by atoms with Crippen LogP contribution in [0.2, 0.25) is 0 Å². The number of ether oxygens (including phenoxy) is 4. The van der Waals surface area contributed by atoms with Crippen LogP contribution in [0.25, 0.3) is 0 Å². The summed E-state index contributed by atoms with van der Waals surface area (Å²) in [7, 11) is 0. The van der Waals surface area contributed by atoms with Crippen molar-refractivity contribution in [2.75, 3.05) is 26.4 Å². The first-order chi connectivity index (χ1) is 18.4. The Bertz CT molecular complexity index is 782. The number of rotatable bonds is 9. The number of aliphatic hydroxyl groups is 8. The molecule has 0 unspecified atom stereocenters. The highest BCUT2D eigenvalue weighted by Gasteiger charge is 2.55. The maximum Gasteiger partial charge on any atom is 0.186 e. The van der Waals surface area contributed by atoms with Gasteiger partial charge in [0.05, 0.1) is 26.4 Å². The molecule has 2 saturated heterocycles. The first-order valence-electron chi connectivity index (χ1n) is 14.3. The van der Waals surface area contributed by atoms with Gasteiger partial charge in [0.1, 0.15) is 48.8 Å². The molecule has 0 aromatic rings. The molecule has 4 rings (SSSR count). The third-order valence-corrected chi connectivity index (χ3v) is 10.2. The molecule has 2 aliphatic heterocycles. The SMILES string of the molecule is CC(C)[C@H]1CC[C@]2(C)[C@@H](CO[C@@H]3O[C@H](CO)[C@@H](O)[C@H](O)[C@H]3O)CC[C@@H]2[C@@H]1CO[C@H]1O[C@@H](CO)[C@H](O)[C@@H](O)[C@@H]1O. The van der Waals surface area contributed by atoms with Gasteiger partial charge in [-0.1, -0.05) is 20.8 Å². The lowest BCUT2D eigenvalue weighted by atomic mass is 9.56. The largest absolute Gasteiger partial charge is 0.394 e. The zero-order chi connectivity index (χ0) is 28.6. The van der Waals surface area contributed by atoms with Crippen molar-refractivity contribution >= 4 is 0 Å². The van der Waals surface area contributed by atoms with Crippen LogP contribution in [0.4, 0.5) is 0 Å². The van der Waals surface area contributed by atoms with Crippen LogP contribution < -0.4 is 0 Å². The summed E-state index contributed by atoms with van der Waals surface area (Å²) in [4.78, 5) is 0. The fourth-order valence-corrected chi connectivity index (χ4v) is 7.59. The molecule has 39 heavy (non-hydrogen) atoms. The highest BCUT2D eigenvalue weighted by Crippen LogP contribution is 2.60. The summed E-state index contributed by atoms with van der Waals surface area (Å²) in [6, 6.07) is 0. The predicted octanol–water partition coefficient (Wildman–Crippen LogP) is -1.67. The molecule has 15 atom stereocenters. The number of aliphatic hydroxyl groups excluding tert-OH is 8. The first kappa shape index (κ1) is 31.5. The second-order valence-corrected chi connectivity index (χ2v) is 12.6. The van der Waals surface area contributed by atoms with Crippen molar-refractivity contribution in [1.29, 1.82) is 0 Å². The summed E-state index contributed by atoms with van der Waals surface area (Å²) in [6.45, 7) is 6.14. The molecule has 0 spiro atoms. The van der Waals surface area contributed by atoms with Gasteiger partial charge in [-0.15, -0.1) is 0 Å². The van der Waals surface area contributed by atoms with Crippen LogP contribution in [0, 0.1) is 35.0 Å². The maximum atomic E-state index is 10.5. The molecule has 8 N–H and O–H groups in total. The summed E-state index contributed by atoms with van der Waals surface area (Å²) in [5.74, 6) is 1.29. The third-order valence-electron chi connectivity index (χ3n) is 10.2. The van der Waals surface area contributed by atoms with Crippen molar-refractivity contribution in [3.63, 3.8) is 0 Å². The van der Waals surface area contributed by atoms with E-state index in [1.165, 1.54) is 0 Å². The molecule has 12 nitrogen and oxygen atoms in total. The van der Waals surface area contributed by atoms with Gasteiger partial charge in [0.2, 0.25) is 0 Å². The zero-order valence-electron chi connectivity index (χ0n) is 23.0. The van der Waals surface area contributed by atoms with Gasteiger partial charge in [-0.2, -0.15) is 0 Å². The number of hydrogen-bond acceptors (Lipinski definition) is 12. The first-order valence-corrected chi connectivity index (χ1v) is 14.3. The highest BCUT2D eigenvalue weighted by molar-refractivity contribution is 5.03. The molecular formula is C27H48O12. The van der Waals surface area contributed by atoms with Crippen molar-refractivity contribution in [2.24, 2.45) is 35.0 Å². The molecule has 4 aliphatic rings. The van der Waals surface area contributed by atoms with E-state index >= 15 is 0 Å². The van der Waals surface area contributed by atoms with Crippen LogP contribution in [0.15, 0.2) is 0 Å². The minimum Gasteiger partial charge on any atom is -0.394 e. The number of fused-ring (bicyclic) bond motifs is 1. The van der Waals surface area contributed by atoms with Gasteiger partial charge in [-0.25, -0.2) is 0 Å². The molecule has 0 amide bonds. The van der Waals surface area contributed by atoms with Gasteiger partial charge in [-0.3, -0.25) is 0 Å². The fourth-order valence-electron chi connectivity index (χ4n) is 7.59. The maximum absolute atomic E-state index is 10.5. The van der Waals surface area contributed by atoms with Gasteiger partial charge in [0, 0.05) is 0 Å². The Morgan fingerprint density at radius 3 is 1.72 bits per heavy atom. The lowest BCUT2D eigenvalue weighted by molar-refractivity contribution is -0.307. The van der Waals surface area contributed by atoms with Gasteiger partial charge in [0.25, 0.3) is 0 Å². The van der Waals surface area contributed by atoms with Gasteiger partial charge in [-0.05, 0) is 60.7 Å². The van der Waals surface area contributed by atoms with Gasteiger partial charge >= 0.3 is 0 Å². The number of hydrogen-bond donors (Lipinski definition) is 8. The Hall–Kier alpha value is -0.480. The fraction of sp³-hybridized carbons (Fsp3) is 1.00. The monoisotopic (exact) mass is 564 g/mol. The van der Waals surface area contributed by atoms with Crippen molar-refractivity contribution in [1.82, 2.24) is 0 Å². The van der Waals surface area contributed by atoms with E-state index in [2.05, 4.69) is 20.8 Å². The van der Waals surface area contributed by atoms with Crippen molar-refractivity contribution < 1.29 is 59.8 Å². The van der Waals surface area contributed by atoms with Crippen molar-refractivity contribution in [3.8, 4) is 0 Å². The second kappa shape index (κ2) is 12.8. The minimum absolute atomic E-state index is 0.108. The summed E-state index contributed by atoms with van der Waals surface area (Å²) < 4.78 is 23.1. The average molecular weight is 565 g/mol. The highest BCUT2D eigenvalue weighted by atomic mass is 16.7. The molecule has 0 bridgehead atoms. The molecule has 0 aromatic carbocycles.